The zero-order valence-corrected chi connectivity index (χ0v) is 13.8. The van der Waals surface area contributed by atoms with Crippen molar-refractivity contribution in [1.82, 2.24) is 10.2 Å². The third-order valence-corrected chi connectivity index (χ3v) is 3.49. The highest BCUT2D eigenvalue weighted by Gasteiger charge is 2.17. The van der Waals surface area contributed by atoms with E-state index in [9.17, 15) is 4.79 Å². The number of rotatable bonds is 5. The van der Waals surface area contributed by atoms with Crippen molar-refractivity contribution >= 4 is 11.7 Å². The normalized spacial score (nSPS) is 16.3. The zero-order chi connectivity index (χ0) is 16.0. The number of carbonyl (C=O) groups excluding carboxylic acids is 1. The van der Waals surface area contributed by atoms with E-state index in [0.717, 1.165) is 45.0 Å². The molecule has 2 N–H and O–H groups in total. The van der Waals surface area contributed by atoms with Gasteiger partial charge in [0.1, 0.15) is 5.60 Å². The Morgan fingerprint density at radius 3 is 2.45 bits per heavy atom. The fraction of sp³-hybridized carbons (Fsp3) is 0.588. The first-order chi connectivity index (χ1) is 10.4. The maximum atomic E-state index is 11.9. The number of nitrogens with zero attached hydrogens (tertiary/aromatic N) is 1. The van der Waals surface area contributed by atoms with Gasteiger partial charge in [-0.15, -0.1) is 0 Å². The van der Waals surface area contributed by atoms with Crippen molar-refractivity contribution in [3.63, 3.8) is 0 Å². The molecule has 122 valence electrons. The van der Waals surface area contributed by atoms with Crippen LogP contribution in [0.4, 0.5) is 5.69 Å². The lowest BCUT2D eigenvalue weighted by molar-refractivity contribution is 0.00696. The number of benzene rings is 1. The van der Waals surface area contributed by atoms with Crippen LogP contribution in [0.25, 0.3) is 0 Å². The Bertz CT molecular complexity index is 474. The van der Waals surface area contributed by atoms with Crippen LogP contribution in [0.1, 0.15) is 31.1 Å². The molecule has 0 bridgehead atoms. The maximum absolute atomic E-state index is 11.9. The second kappa shape index (κ2) is 7.61. The molecule has 0 spiro atoms. The summed E-state index contributed by atoms with van der Waals surface area (Å²) in [5, 5.41) is 6.74. The third kappa shape index (κ3) is 5.66. The number of hydrogen-bond donors (Lipinski definition) is 2. The highest BCUT2D eigenvalue weighted by molar-refractivity contribution is 5.90. The number of piperazine rings is 1. The van der Waals surface area contributed by atoms with E-state index in [1.54, 1.807) is 12.1 Å². The standard InChI is InChI=1S/C17H27N3O2/c1-17(2,3)22-16(21)14-4-6-15(7-5-14)19-10-13-20-11-8-18-9-12-20/h4-7,18-19H,8-13H2,1-3H3. The monoisotopic (exact) mass is 305 g/mol. The Labute approximate surface area is 133 Å². The molecule has 1 aliphatic rings. The molecule has 1 aromatic rings. The van der Waals surface area contributed by atoms with Crippen LogP contribution in [0, 0.1) is 0 Å². The van der Waals surface area contributed by atoms with Gasteiger partial charge in [-0.1, -0.05) is 0 Å². The lowest BCUT2D eigenvalue weighted by atomic mass is 10.1. The van der Waals surface area contributed by atoms with Gasteiger partial charge in [-0.3, -0.25) is 4.90 Å². The lowest BCUT2D eigenvalue weighted by Gasteiger charge is -2.27. The highest BCUT2D eigenvalue weighted by Crippen LogP contribution is 2.14. The molecule has 0 aromatic heterocycles. The summed E-state index contributed by atoms with van der Waals surface area (Å²) in [4.78, 5) is 14.4. The summed E-state index contributed by atoms with van der Waals surface area (Å²) in [6, 6.07) is 7.47. The molecule has 1 saturated heterocycles. The average Bonchev–Trinajstić information content (AvgIpc) is 2.47. The molecule has 5 heteroatoms. The van der Waals surface area contributed by atoms with Gasteiger partial charge < -0.3 is 15.4 Å². The predicted octanol–water partition coefficient (Wildman–Crippen LogP) is 1.96. The molecule has 0 saturated carbocycles. The second-order valence-electron chi connectivity index (χ2n) is 6.60. The Kier molecular flexibility index (Phi) is 5.80. The fourth-order valence-corrected chi connectivity index (χ4v) is 2.35. The highest BCUT2D eigenvalue weighted by atomic mass is 16.6. The van der Waals surface area contributed by atoms with Crippen molar-refractivity contribution in [1.29, 1.82) is 0 Å². The van der Waals surface area contributed by atoms with Gasteiger partial charge in [0, 0.05) is 45.0 Å². The van der Waals surface area contributed by atoms with Gasteiger partial charge >= 0.3 is 5.97 Å². The van der Waals surface area contributed by atoms with Crippen molar-refractivity contribution < 1.29 is 9.53 Å². The average molecular weight is 305 g/mol. The molecule has 1 aromatic carbocycles. The molecule has 0 atom stereocenters. The summed E-state index contributed by atoms with van der Waals surface area (Å²) in [5.74, 6) is -0.278. The van der Waals surface area contributed by atoms with Gasteiger partial charge in [-0.05, 0) is 45.0 Å². The quantitative estimate of drug-likeness (QED) is 0.815. The van der Waals surface area contributed by atoms with Crippen LogP contribution in [0.2, 0.25) is 0 Å². The third-order valence-electron chi connectivity index (χ3n) is 3.49. The van der Waals surface area contributed by atoms with Crippen molar-refractivity contribution in [3.05, 3.63) is 29.8 Å². The SMILES string of the molecule is CC(C)(C)OC(=O)c1ccc(NCCN2CCNCC2)cc1. The van der Waals surface area contributed by atoms with E-state index in [4.69, 9.17) is 4.74 Å². The van der Waals surface area contributed by atoms with Crippen molar-refractivity contribution in [3.8, 4) is 0 Å². The smallest absolute Gasteiger partial charge is 0.338 e. The Hall–Kier alpha value is -1.59. The molecule has 5 nitrogen and oxygen atoms in total. The van der Waals surface area contributed by atoms with Crippen LogP contribution in [0.15, 0.2) is 24.3 Å². The number of nitrogens with one attached hydrogen (secondary N) is 2. The number of carbonyl (C=O) groups is 1. The maximum Gasteiger partial charge on any atom is 0.338 e. The molecule has 1 aliphatic heterocycles. The summed E-state index contributed by atoms with van der Waals surface area (Å²) < 4.78 is 5.35. The van der Waals surface area contributed by atoms with Crippen LogP contribution in [-0.2, 0) is 4.74 Å². The van der Waals surface area contributed by atoms with Crippen LogP contribution in [0.3, 0.4) is 0 Å². The molecule has 1 heterocycles. The van der Waals surface area contributed by atoms with E-state index in [0.29, 0.717) is 5.56 Å². The van der Waals surface area contributed by atoms with Gasteiger partial charge in [0.25, 0.3) is 0 Å². The molecule has 1 fully saturated rings. The van der Waals surface area contributed by atoms with E-state index in [2.05, 4.69) is 15.5 Å². The van der Waals surface area contributed by atoms with Gasteiger partial charge in [0.05, 0.1) is 5.56 Å². The summed E-state index contributed by atoms with van der Waals surface area (Å²) in [5.41, 5.74) is 1.15. The molecule has 0 amide bonds. The first-order valence-corrected chi connectivity index (χ1v) is 7.94. The number of hydrogen-bond acceptors (Lipinski definition) is 5. The van der Waals surface area contributed by atoms with E-state index < -0.39 is 5.60 Å². The van der Waals surface area contributed by atoms with Gasteiger partial charge in [0.15, 0.2) is 0 Å². The van der Waals surface area contributed by atoms with E-state index in [1.165, 1.54) is 0 Å². The molecular formula is C17H27N3O2. The minimum absolute atomic E-state index is 0.278. The zero-order valence-electron chi connectivity index (χ0n) is 13.8. The minimum atomic E-state index is -0.461. The van der Waals surface area contributed by atoms with Crippen LogP contribution < -0.4 is 10.6 Å². The first kappa shape index (κ1) is 16.8. The summed E-state index contributed by atoms with van der Waals surface area (Å²) in [6.45, 7) is 11.9. The Balaban J connectivity index is 1.77. The van der Waals surface area contributed by atoms with Crippen molar-refractivity contribution in [2.45, 2.75) is 26.4 Å². The van der Waals surface area contributed by atoms with E-state index >= 15 is 0 Å². The summed E-state index contributed by atoms with van der Waals surface area (Å²) in [7, 11) is 0. The first-order valence-electron chi connectivity index (χ1n) is 7.94. The molecule has 2 rings (SSSR count). The summed E-state index contributed by atoms with van der Waals surface area (Å²) >= 11 is 0. The van der Waals surface area contributed by atoms with Crippen molar-refractivity contribution in [2.75, 3.05) is 44.6 Å². The Morgan fingerprint density at radius 2 is 1.86 bits per heavy atom. The number of ether oxygens (including phenoxy) is 1. The second-order valence-corrected chi connectivity index (χ2v) is 6.60. The predicted molar refractivity (Wildman–Crippen MR) is 89.4 cm³/mol. The van der Waals surface area contributed by atoms with Gasteiger partial charge in [0.2, 0.25) is 0 Å². The number of esters is 1. The lowest BCUT2D eigenvalue weighted by Crippen LogP contribution is -2.45. The topological polar surface area (TPSA) is 53.6 Å². The van der Waals surface area contributed by atoms with Crippen molar-refractivity contribution in [2.24, 2.45) is 0 Å². The number of anilines is 1. The van der Waals surface area contributed by atoms with E-state index in [-0.39, 0.29) is 5.97 Å². The molecule has 22 heavy (non-hydrogen) atoms. The molecule has 0 aliphatic carbocycles. The Morgan fingerprint density at radius 1 is 1.23 bits per heavy atom. The molecule has 0 unspecified atom stereocenters. The minimum Gasteiger partial charge on any atom is -0.456 e. The van der Waals surface area contributed by atoms with Gasteiger partial charge in [-0.2, -0.15) is 0 Å². The molecule has 0 radical (unpaired) electrons. The van der Waals surface area contributed by atoms with E-state index in [1.807, 2.05) is 32.9 Å². The largest absolute Gasteiger partial charge is 0.456 e. The van der Waals surface area contributed by atoms with Gasteiger partial charge in [-0.25, -0.2) is 4.79 Å². The van der Waals surface area contributed by atoms with Crippen LogP contribution >= 0.6 is 0 Å². The molecular weight excluding hydrogens is 278 g/mol. The van der Waals surface area contributed by atoms with Crippen LogP contribution in [-0.4, -0.2) is 55.7 Å². The fourth-order valence-electron chi connectivity index (χ4n) is 2.35. The van der Waals surface area contributed by atoms with Crippen LogP contribution in [0.5, 0.6) is 0 Å². The summed E-state index contributed by atoms with van der Waals surface area (Å²) in [6.07, 6.45) is 0.